The minimum absolute atomic E-state index is 0.0646. The Hall–Kier alpha value is -2.93. The van der Waals surface area contributed by atoms with E-state index in [0.717, 1.165) is 75.9 Å². The Kier molecular flexibility index (Phi) is 9.19. The molecule has 0 unspecified atom stereocenters. The fourth-order valence-corrected chi connectivity index (χ4v) is 5.50. The molecule has 2 aliphatic rings. The molecule has 200 valence electrons. The summed E-state index contributed by atoms with van der Waals surface area (Å²) in [5, 5.41) is 6.46. The maximum atomic E-state index is 14.0. The highest BCUT2D eigenvalue weighted by atomic mass is 19.1. The van der Waals surface area contributed by atoms with Crippen LogP contribution in [-0.2, 0) is 4.79 Å². The number of ether oxygens (including phenoxy) is 1. The minimum Gasteiger partial charge on any atom is -0.497 e. The number of likely N-dealkylation sites (tertiary alicyclic amines) is 1. The van der Waals surface area contributed by atoms with Crippen molar-refractivity contribution >= 4 is 11.8 Å². The number of hydrogen-bond donors (Lipinski definition) is 2. The van der Waals surface area contributed by atoms with Crippen molar-refractivity contribution in [3.05, 3.63) is 65.5 Å². The van der Waals surface area contributed by atoms with Crippen LogP contribution in [0.25, 0.3) is 0 Å². The van der Waals surface area contributed by atoms with Crippen LogP contribution in [0.1, 0.15) is 80.3 Å². The molecule has 37 heavy (non-hydrogen) atoms. The highest BCUT2D eigenvalue weighted by molar-refractivity contribution is 5.94. The van der Waals surface area contributed by atoms with E-state index in [-0.39, 0.29) is 35.1 Å². The third-order valence-corrected chi connectivity index (χ3v) is 8.00. The quantitative estimate of drug-likeness (QED) is 0.485. The number of methoxy groups -OCH3 is 1. The first kappa shape index (κ1) is 27.1. The van der Waals surface area contributed by atoms with Gasteiger partial charge in [0.25, 0.3) is 5.91 Å². The van der Waals surface area contributed by atoms with Crippen molar-refractivity contribution in [2.75, 3.05) is 26.7 Å². The molecule has 1 saturated carbocycles. The molecule has 0 spiro atoms. The van der Waals surface area contributed by atoms with Crippen LogP contribution in [0.4, 0.5) is 4.39 Å². The van der Waals surface area contributed by atoms with Gasteiger partial charge >= 0.3 is 0 Å². The van der Waals surface area contributed by atoms with E-state index in [1.165, 1.54) is 18.6 Å². The monoisotopic (exact) mass is 509 g/mol. The molecule has 2 N–H and O–H groups in total. The lowest BCUT2D eigenvalue weighted by Crippen LogP contribution is -2.53. The molecule has 1 aliphatic carbocycles. The van der Waals surface area contributed by atoms with Gasteiger partial charge in [-0.15, -0.1) is 0 Å². The van der Waals surface area contributed by atoms with Crippen molar-refractivity contribution in [2.24, 2.45) is 5.92 Å². The molecule has 6 nitrogen and oxygen atoms in total. The van der Waals surface area contributed by atoms with E-state index in [4.69, 9.17) is 4.74 Å². The SMILES string of the molecule is COc1ccc(C(=O)NC2(C)CCN(CC[C@H](NC(=O)C3CCCCC3)c3cccc(F)c3)CC2)cc1. The Morgan fingerprint density at radius 1 is 1.08 bits per heavy atom. The average molecular weight is 510 g/mol. The van der Waals surface area contributed by atoms with Gasteiger partial charge in [-0.3, -0.25) is 9.59 Å². The van der Waals surface area contributed by atoms with E-state index in [1.807, 2.05) is 6.07 Å². The van der Waals surface area contributed by atoms with Gasteiger partial charge in [0.15, 0.2) is 0 Å². The molecule has 2 aromatic rings. The summed E-state index contributed by atoms with van der Waals surface area (Å²) in [5.41, 5.74) is 1.17. The topological polar surface area (TPSA) is 70.7 Å². The zero-order valence-electron chi connectivity index (χ0n) is 22.1. The lowest BCUT2D eigenvalue weighted by Gasteiger charge is -2.40. The van der Waals surface area contributed by atoms with Gasteiger partial charge in [0.1, 0.15) is 11.6 Å². The molecular weight excluding hydrogens is 469 g/mol. The van der Waals surface area contributed by atoms with Gasteiger partial charge in [0.2, 0.25) is 5.91 Å². The molecule has 1 aliphatic heterocycles. The van der Waals surface area contributed by atoms with Crippen molar-refractivity contribution in [2.45, 2.75) is 69.9 Å². The number of amides is 2. The molecule has 2 amide bonds. The van der Waals surface area contributed by atoms with E-state index in [0.29, 0.717) is 5.56 Å². The first-order chi connectivity index (χ1) is 17.8. The van der Waals surface area contributed by atoms with Gasteiger partial charge in [-0.05, 0) is 81.0 Å². The van der Waals surface area contributed by atoms with Crippen LogP contribution < -0.4 is 15.4 Å². The Bertz CT molecular complexity index is 1040. The Morgan fingerprint density at radius 2 is 1.78 bits per heavy atom. The van der Waals surface area contributed by atoms with Crippen LogP contribution in [-0.4, -0.2) is 49.0 Å². The molecular formula is C30H40FN3O3. The number of halogens is 1. The van der Waals surface area contributed by atoms with Crippen LogP contribution in [0.3, 0.4) is 0 Å². The van der Waals surface area contributed by atoms with Crippen molar-refractivity contribution in [3.8, 4) is 5.75 Å². The molecule has 1 atom stereocenters. The van der Waals surface area contributed by atoms with Crippen molar-refractivity contribution < 1.29 is 18.7 Å². The summed E-state index contributed by atoms with van der Waals surface area (Å²) in [4.78, 5) is 28.2. The highest BCUT2D eigenvalue weighted by Gasteiger charge is 2.32. The second-order valence-corrected chi connectivity index (χ2v) is 10.8. The number of nitrogens with zero attached hydrogens (tertiary/aromatic N) is 1. The van der Waals surface area contributed by atoms with Gasteiger partial charge in [-0.2, -0.15) is 0 Å². The number of carbonyl (C=O) groups excluding carboxylic acids is 2. The van der Waals surface area contributed by atoms with E-state index in [1.54, 1.807) is 37.4 Å². The summed E-state index contributed by atoms with van der Waals surface area (Å²) in [6, 6.07) is 13.5. The molecule has 0 aromatic heterocycles. The summed E-state index contributed by atoms with van der Waals surface area (Å²) in [6.07, 6.45) is 7.68. The molecule has 0 bridgehead atoms. The van der Waals surface area contributed by atoms with Crippen LogP contribution in [0, 0.1) is 11.7 Å². The zero-order valence-corrected chi connectivity index (χ0v) is 22.1. The number of carbonyl (C=O) groups is 2. The number of benzene rings is 2. The maximum absolute atomic E-state index is 14.0. The molecule has 4 rings (SSSR count). The molecule has 0 radical (unpaired) electrons. The van der Waals surface area contributed by atoms with Gasteiger partial charge in [0.05, 0.1) is 13.2 Å². The van der Waals surface area contributed by atoms with Gasteiger partial charge in [-0.25, -0.2) is 4.39 Å². The first-order valence-corrected chi connectivity index (χ1v) is 13.6. The fraction of sp³-hybridized carbons (Fsp3) is 0.533. The number of piperidine rings is 1. The van der Waals surface area contributed by atoms with E-state index >= 15 is 0 Å². The fourth-order valence-electron chi connectivity index (χ4n) is 5.50. The number of hydrogen-bond acceptors (Lipinski definition) is 4. The molecule has 7 heteroatoms. The highest BCUT2D eigenvalue weighted by Crippen LogP contribution is 2.27. The Balaban J connectivity index is 1.31. The van der Waals surface area contributed by atoms with E-state index < -0.39 is 0 Å². The minimum atomic E-state index is -0.282. The second kappa shape index (κ2) is 12.5. The summed E-state index contributed by atoms with van der Waals surface area (Å²) in [7, 11) is 1.61. The smallest absolute Gasteiger partial charge is 0.251 e. The maximum Gasteiger partial charge on any atom is 0.251 e. The third-order valence-electron chi connectivity index (χ3n) is 8.00. The molecule has 1 saturated heterocycles. The molecule has 2 fully saturated rings. The first-order valence-electron chi connectivity index (χ1n) is 13.6. The second-order valence-electron chi connectivity index (χ2n) is 10.8. The Morgan fingerprint density at radius 3 is 2.43 bits per heavy atom. The largest absolute Gasteiger partial charge is 0.497 e. The predicted octanol–water partition coefficient (Wildman–Crippen LogP) is 5.25. The van der Waals surface area contributed by atoms with E-state index in [2.05, 4.69) is 22.5 Å². The summed E-state index contributed by atoms with van der Waals surface area (Å²) >= 11 is 0. The third kappa shape index (κ3) is 7.54. The van der Waals surface area contributed by atoms with Crippen LogP contribution >= 0.6 is 0 Å². The van der Waals surface area contributed by atoms with Crippen LogP contribution in [0.2, 0.25) is 0 Å². The molecule has 2 aromatic carbocycles. The predicted molar refractivity (Wildman–Crippen MR) is 143 cm³/mol. The summed E-state index contributed by atoms with van der Waals surface area (Å²) in [5.74, 6) is 0.532. The van der Waals surface area contributed by atoms with Crippen molar-refractivity contribution in [1.29, 1.82) is 0 Å². The standard InChI is InChI=1S/C30H40FN3O3/c1-30(33-29(36)23-11-13-26(37-2)14-12-23)16-19-34(20-17-30)18-15-27(24-9-6-10-25(31)21-24)32-28(35)22-7-4-3-5-8-22/h6,9-14,21-22,27H,3-5,7-8,15-20H2,1-2H3,(H,32,35)(H,33,36)/t27-/m0/s1. The normalized spacial score (nSPS) is 19.1. The van der Waals surface area contributed by atoms with Crippen molar-refractivity contribution in [1.82, 2.24) is 15.5 Å². The van der Waals surface area contributed by atoms with Gasteiger partial charge < -0.3 is 20.3 Å². The van der Waals surface area contributed by atoms with Gasteiger partial charge in [-0.1, -0.05) is 31.4 Å². The zero-order chi connectivity index (χ0) is 26.3. The molecule has 1 heterocycles. The van der Waals surface area contributed by atoms with E-state index in [9.17, 15) is 14.0 Å². The lowest BCUT2D eigenvalue weighted by atomic mass is 9.88. The number of nitrogens with one attached hydrogen (secondary N) is 2. The van der Waals surface area contributed by atoms with Gasteiger partial charge in [0, 0.05) is 36.7 Å². The van der Waals surface area contributed by atoms with Crippen LogP contribution in [0.5, 0.6) is 5.75 Å². The van der Waals surface area contributed by atoms with Crippen molar-refractivity contribution in [3.63, 3.8) is 0 Å². The lowest BCUT2D eigenvalue weighted by molar-refractivity contribution is -0.126. The summed E-state index contributed by atoms with van der Waals surface area (Å²) < 4.78 is 19.2. The summed E-state index contributed by atoms with van der Waals surface area (Å²) in [6.45, 7) is 4.61. The Labute approximate surface area is 220 Å². The average Bonchev–Trinajstić information content (AvgIpc) is 2.92. The van der Waals surface area contributed by atoms with Crippen LogP contribution in [0.15, 0.2) is 48.5 Å². The number of rotatable bonds is 9.